The second kappa shape index (κ2) is 10.3. The smallest absolute Gasteiger partial charge is 0.395 e. The van der Waals surface area contributed by atoms with Crippen molar-refractivity contribution in [3.63, 3.8) is 0 Å². The average molecular weight is 350 g/mol. The standard InChI is InChI=1S/C23H26O3/c1-4-5-6-7-8-9-11-20-12-10-13-21(17-20)25-23(24)26-22-15-14-18(2)19(3)16-22/h10,12-17H,4-8H2,1-3H3. The third kappa shape index (κ3) is 6.64. The summed E-state index contributed by atoms with van der Waals surface area (Å²) in [4.78, 5) is 12.0. The molecule has 0 unspecified atom stereocenters. The molecule has 2 rings (SSSR count). The van der Waals surface area contributed by atoms with Crippen LogP contribution in [0.2, 0.25) is 0 Å². The maximum atomic E-state index is 12.0. The topological polar surface area (TPSA) is 35.5 Å². The molecule has 0 heterocycles. The number of unbranched alkanes of at least 4 members (excludes halogenated alkanes) is 4. The van der Waals surface area contributed by atoms with Gasteiger partial charge in [-0.3, -0.25) is 0 Å². The highest BCUT2D eigenvalue weighted by atomic mass is 16.7. The number of benzene rings is 2. The lowest BCUT2D eigenvalue weighted by molar-refractivity contribution is 0.152. The van der Waals surface area contributed by atoms with Gasteiger partial charge >= 0.3 is 6.16 Å². The van der Waals surface area contributed by atoms with Gasteiger partial charge in [0.2, 0.25) is 0 Å². The average Bonchev–Trinajstić information content (AvgIpc) is 2.61. The lowest BCUT2D eigenvalue weighted by Gasteiger charge is -2.07. The van der Waals surface area contributed by atoms with Crippen LogP contribution in [0, 0.1) is 25.7 Å². The van der Waals surface area contributed by atoms with Crippen LogP contribution in [0.15, 0.2) is 42.5 Å². The number of ether oxygens (including phenoxy) is 2. The molecule has 3 nitrogen and oxygen atoms in total. The van der Waals surface area contributed by atoms with Gasteiger partial charge < -0.3 is 9.47 Å². The van der Waals surface area contributed by atoms with Gasteiger partial charge in [-0.25, -0.2) is 4.79 Å². The summed E-state index contributed by atoms with van der Waals surface area (Å²) in [6.07, 6.45) is 4.97. The van der Waals surface area contributed by atoms with Crippen LogP contribution in [0.3, 0.4) is 0 Å². The molecule has 0 amide bonds. The summed E-state index contributed by atoms with van der Waals surface area (Å²) < 4.78 is 10.5. The first-order valence-corrected chi connectivity index (χ1v) is 9.14. The number of aryl methyl sites for hydroxylation is 2. The van der Waals surface area contributed by atoms with Gasteiger partial charge in [0.15, 0.2) is 0 Å². The molecular formula is C23H26O3. The molecule has 0 aliphatic carbocycles. The normalized spacial score (nSPS) is 9.96. The largest absolute Gasteiger partial charge is 0.519 e. The Morgan fingerprint density at radius 1 is 0.923 bits per heavy atom. The van der Waals surface area contributed by atoms with E-state index in [-0.39, 0.29) is 0 Å². The fraction of sp³-hybridized carbons (Fsp3) is 0.348. The lowest BCUT2D eigenvalue weighted by atomic mass is 10.1. The molecule has 0 saturated carbocycles. The van der Waals surface area contributed by atoms with E-state index in [2.05, 4.69) is 18.8 Å². The maximum absolute atomic E-state index is 12.0. The Balaban J connectivity index is 1.90. The fourth-order valence-electron chi connectivity index (χ4n) is 2.43. The summed E-state index contributed by atoms with van der Waals surface area (Å²) in [5.41, 5.74) is 3.04. The molecule has 136 valence electrons. The summed E-state index contributed by atoms with van der Waals surface area (Å²) >= 11 is 0. The maximum Gasteiger partial charge on any atom is 0.519 e. The van der Waals surface area contributed by atoms with E-state index in [1.165, 1.54) is 19.3 Å². The van der Waals surface area contributed by atoms with Gasteiger partial charge in [0.25, 0.3) is 0 Å². The van der Waals surface area contributed by atoms with Crippen LogP contribution < -0.4 is 9.47 Å². The van der Waals surface area contributed by atoms with Gasteiger partial charge in [0.05, 0.1) is 0 Å². The summed E-state index contributed by atoms with van der Waals surface area (Å²) in [5, 5.41) is 0. The lowest BCUT2D eigenvalue weighted by Crippen LogP contribution is -2.13. The summed E-state index contributed by atoms with van der Waals surface area (Å²) in [6, 6.07) is 12.7. The molecule has 0 atom stereocenters. The van der Waals surface area contributed by atoms with E-state index in [1.807, 2.05) is 38.1 Å². The Morgan fingerprint density at radius 3 is 2.42 bits per heavy atom. The first kappa shape index (κ1) is 19.6. The molecule has 2 aromatic rings. The van der Waals surface area contributed by atoms with Crippen LogP contribution in [0.25, 0.3) is 0 Å². The third-order valence-electron chi connectivity index (χ3n) is 4.10. The molecule has 0 radical (unpaired) electrons. The van der Waals surface area contributed by atoms with Crippen LogP contribution in [0.4, 0.5) is 4.79 Å². The third-order valence-corrected chi connectivity index (χ3v) is 4.10. The second-order valence-corrected chi connectivity index (χ2v) is 6.34. The Morgan fingerprint density at radius 2 is 1.69 bits per heavy atom. The molecule has 0 saturated heterocycles. The van der Waals surface area contributed by atoms with Gasteiger partial charge in [0, 0.05) is 12.0 Å². The zero-order valence-corrected chi connectivity index (χ0v) is 15.8. The summed E-state index contributed by atoms with van der Waals surface area (Å²) in [6.45, 7) is 6.17. The van der Waals surface area contributed by atoms with Crippen LogP contribution in [-0.2, 0) is 0 Å². The summed E-state index contributed by atoms with van der Waals surface area (Å²) in [7, 11) is 0. The minimum atomic E-state index is -0.752. The monoisotopic (exact) mass is 350 g/mol. The van der Waals surface area contributed by atoms with Crippen molar-refractivity contribution < 1.29 is 14.3 Å². The minimum absolute atomic E-state index is 0.427. The predicted molar refractivity (Wildman–Crippen MR) is 105 cm³/mol. The van der Waals surface area contributed by atoms with Crippen molar-refractivity contribution in [3.8, 4) is 23.3 Å². The molecule has 3 heteroatoms. The van der Waals surface area contributed by atoms with Crippen molar-refractivity contribution in [1.82, 2.24) is 0 Å². The Kier molecular flexibility index (Phi) is 7.76. The zero-order valence-electron chi connectivity index (χ0n) is 15.8. The van der Waals surface area contributed by atoms with E-state index in [1.54, 1.807) is 18.2 Å². The molecule has 0 aliphatic rings. The molecule has 26 heavy (non-hydrogen) atoms. The van der Waals surface area contributed by atoms with Gasteiger partial charge in [0.1, 0.15) is 11.5 Å². The minimum Gasteiger partial charge on any atom is -0.395 e. The number of hydrogen-bond acceptors (Lipinski definition) is 3. The van der Waals surface area contributed by atoms with E-state index in [4.69, 9.17) is 9.47 Å². The Labute approximate surface area is 156 Å². The van der Waals surface area contributed by atoms with Crippen molar-refractivity contribution in [2.45, 2.75) is 52.9 Å². The van der Waals surface area contributed by atoms with Crippen molar-refractivity contribution in [3.05, 3.63) is 59.2 Å². The molecule has 0 bridgehead atoms. The SMILES string of the molecule is CCCCCCC#Cc1cccc(OC(=O)Oc2ccc(C)c(C)c2)c1. The molecule has 2 aromatic carbocycles. The van der Waals surface area contributed by atoms with E-state index < -0.39 is 6.16 Å². The number of carbonyl (C=O) groups excluding carboxylic acids is 1. The molecule has 0 fully saturated rings. The van der Waals surface area contributed by atoms with Gasteiger partial charge in [-0.2, -0.15) is 0 Å². The van der Waals surface area contributed by atoms with Crippen molar-refractivity contribution in [2.75, 3.05) is 0 Å². The van der Waals surface area contributed by atoms with E-state index >= 15 is 0 Å². The van der Waals surface area contributed by atoms with Crippen LogP contribution in [-0.4, -0.2) is 6.16 Å². The fourth-order valence-corrected chi connectivity index (χ4v) is 2.43. The van der Waals surface area contributed by atoms with E-state index in [0.717, 1.165) is 29.5 Å². The molecule has 0 spiro atoms. The van der Waals surface area contributed by atoms with Gasteiger partial charge in [-0.15, -0.1) is 0 Å². The van der Waals surface area contributed by atoms with Crippen molar-refractivity contribution in [1.29, 1.82) is 0 Å². The second-order valence-electron chi connectivity index (χ2n) is 6.34. The predicted octanol–water partition coefficient (Wildman–Crippen LogP) is 6.20. The van der Waals surface area contributed by atoms with E-state index in [0.29, 0.717) is 11.5 Å². The molecule has 0 aromatic heterocycles. The highest BCUT2D eigenvalue weighted by Gasteiger charge is 2.09. The van der Waals surface area contributed by atoms with Crippen LogP contribution >= 0.6 is 0 Å². The number of rotatable bonds is 6. The van der Waals surface area contributed by atoms with E-state index in [9.17, 15) is 4.79 Å². The Bertz CT molecular complexity index is 797. The van der Waals surface area contributed by atoms with Crippen LogP contribution in [0.5, 0.6) is 11.5 Å². The molecule has 0 N–H and O–H groups in total. The summed E-state index contributed by atoms with van der Waals surface area (Å²) in [5.74, 6) is 7.19. The first-order chi connectivity index (χ1) is 12.6. The number of carbonyl (C=O) groups is 1. The first-order valence-electron chi connectivity index (χ1n) is 9.14. The molecule has 0 aliphatic heterocycles. The van der Waals surface area contributed by atoms with Gasteiger partial charge in [-0.1, -0.05) is 50.2 Å². The van der Waals surface area contributed by atoms with Crippen LogP contribution in [0.1, 0.15) is 55.7 Å². The van der Waals surface area contributed by atoms with Crippen molar-refractivity contribution in [2.24, 2.45) is 0 Å². The zero-order chi connectivity index (χ0) is 18.8. The quantitative estimate of drug-likeness (QED) is 0.269. The highest BCUT2D eigenvalue weighted by molar-refractivity contribution is 5.67. The van der Waals surface area contributed by atoms with Crippen molar-refractivity contribution >= 4 is 6.16 Å². The van der Waals surface area contributed by atoms with Gasteiger partial charge in [-0.05, 0) is 61.7 Å². The number of hydrogen-bond donors (Lipinski definition) is 0. The Hall–Kier alpha value is -2.73. The molecular weight excluding hydrogens is 324 g/mol. The highest BCUT2D eigenvalue weighted by Crippen LogP contribution is 2.18.